The molecule has 0 aliphatic carbocycles. The molecule has 1 unspecified atom stereocenters. The number of hydrogen-bond acceptors (Lipinski definition) is 14. The van der Waals surface area contributed by atoms with Gasteiger partial charge in [0.2, 0.25) is 0 Å². The van der Waals surface area contributed by atoms with Gasteiger partial charge >= 0.3 is 23.9 Å². The van der Waals surface area contributed by atoms with E-state index in [1.54, 1.807) is 37.5 Å². The lowest BCUT2D eigenvalue weighted by Crippen LogP contribution is -2.37. The minimum atomic E-state index is -0.351. The van der Waals surface area contributed by atoms with Gasteiger partial charge in [-0.2, -0.15) is 0 Å². The Balaban J connectivity index is 0.000000218. The SMILES string of the molecule is CCOC(=O)CN(CCCOC(C)c1ccc([S+](c2ccccc2)c2ccccc2)cc1)CC(=O)OCC.CCOC(=O)CN(CCCOCc1ccc([S+](c2ccccc2)c2ccccc2)cc1)CC(=O)OCC.CN(C)CCCOCc1ccc([S+](c2ccccc2)c2ccccc2)cc1. The minimum absolute atomic E-state index is 0.0500. The molecule has 9 aromatic carbocycles. The molecule has 9 aromatic rings. The summed E-state index contributed by atoms with van der Waals surface area (Å²) < 4.78 is 37.9. The van der Waals surface area contributed by atoms with Crippen molar-refractivity contribution in [3.8, 4) is 0 Å². The van der Waals surface area contributed by atoms with Crippen molar-refractivity contribution in [2.45, 2.75) is 117 Å². The number of hydrogen-bond donors (Lipinski definition) is 0. The van der Waals surface area contributed by atoms with Crippen LogP contribution >= 0.6 is 0 Å². The molecule has 0 N–H and O–H groups in total. The molecule has 17 heteroatoms. The predicted molar refractivity (Wildman–Crippen MR) is 410 cm³/mol. The number of benzene rings is 9. The van der Waals surface area contributed by atoms with Crippen molar-refractivity contribution >= 4 is 56.6 Å². The lowest BCUT2D eigenvalue weighted by molar-refractivity contribution is -0.150. The lowest BCUT2D eigenvalue weighted by Gasteiger charge is -2.21. The lowest BCUT2D eigenvalue weighted by atomic mass is 10.1. The molecule has 0 aliphatic rings. The van der Waals surface area contributed by atoms with Gasteiger partial charge in [0.15, 0.2) is 44.1 Å². The van der Waals surface area contributed by atoms with E-state index in [0.717, 1.165) is 30.7 Å². The topological polar surface area (TPSA) is 143 Å². The van der Waals surface area contributed by atoms with E-state index in [0.29, 0.717) is 78.8 Å². The van der Waals surface area contributed by atoms with Crippen LogP contribution in [0.3, 0.4) is 0 Å². The average Bonchev–Trinajstić information content (AvgIpc) is 0.826. The first-order valence-electron chi connectivity index (χ1n) is 35.2. The van der Waals surface area contributed by atoms with Gasteiger partial charge in [0.25, 0.3) is 0 Å². The zero-order valence-corrected chi connectivity index (χ0v) is 62.8. The molecule has 14 nitrogen and oxygen atoms in total. The molecule has 0 bridgehead atoms. The van der Waals surface area contributed by atoms with Crippen molar-refractivity contribution in [3.63, 3.8) is 0 Å². The van der Waals surface area contributed by atoms with E-state index in [2.05, 4.69) is 250 Å². The Morgan fingerprint density at radius 3 is 0.833 bits per heavy atom. The Labute approximate surface area is 614 Å². The molecule has 0 saturated carbocycles. The standard InChI is InChI=1S/C31H38NO5S.C30H36NO5S.C24H28NOS/c1-4-35-30(33)23-32(24-31(34)36-5-2)21-12-22-37-25(3)26-17-19-29(20-18-26)38(27-13-8-6-9-14-27)28-15-10-7-11-16-28;1-3-35-29(32)22-31(23-30(33)36-4-2)20-11-21-34-24-25-16-18-28(19-17-25)37(26-12-7-5-8-13-26)27-14-9-6-10-15-27;1-25(2)18-9-19-26-20-21-14-16-24(17-15-21)27(22-10-5-3-6-11-22)23-12-7-4-8-13-23/h6-11,13-20,25H,4-5,12,21-24H2,1-3H3;5-10,12-19H,3-4,11,20-24H2,1-2H3;3-8,10-17H,9,18-20H2,1-2H3/q3*+1. The van der Waals surface area contributed by atoms with Crippen molar-refractivity contribution in [2.75, 3.05) is 106 Å². The molecule has 102 heavy (non-hydrogen) atoms. The molecule has 0 amide bonds. The fourth-order valence-corrected chi connectivity index (χ4v) is 17.0. The maximum atomic E-state index is 11.9. The van der Waals surface area contributed by atoms with Crippen LogP contribution in [0, 0.1) is 0 Å². The van der Waals surface area contributed by atoms with Crippen LogP contribution in [-0.2, 0) is 98.2 Å². The van der Waals surface area contributed by atoms with Crippen LogP contribution in [0.5, 0.6) is 0 Å². The van der Waals surface area contributed by atoms with Crippen LogP contribution in [0.25, 0.3) is 0 Å². The summed E-state index contributed by atoms with van der Waals surface area (Å²) in [5, 5.41) is 0. The monoisotopic (exact) mass is 1440 g/mol. The minimum Gasteiger partial charge on any atom is -0.465 e. The predicted octanol–water partition coefficient (Wildman–Crippen LogP) is 16.0. The van der Waals surface area contributed by atoms with E-state index in [-0.39, 0.29) is 88.8 Å². The number of esters is 4. The first-order valence-corrected chi connectivity index (χ1v) is 38.8. The zero-order chi connectivity index (χ0) is 72.4. The van der Waals surface area contributed by atoms with Crippen molar-refractivity contribution in [3.05, 3.63) is 271 Å². The highest BCUT2D eigenvalue weighted by Gasteiger charge is 2.31. The van der Waals surface area contributed by atoms with Gasteiger partial charge in [-0.15, -0.1) is 0 Å². The van der Waals surface area contributed by atoms with Gasteiger partial charge in [-0.05, 0) is 200 Å². The van der Waals surface area contributed by atoms with E-state index >= 15 is 0 Å². The van der Waals surface area contributed by atoms with Gasteiger partial charge < -0.3 is 38.1 Å². The van der Waals surface area contributed by atoms with E-state index in [1.165, 1.54) is 49.6 Å². The highest BCUT2D eigenvalue weighted by Crippen LogP contribution is 2.35. The largest absolute Gasteiger partial charge is 0.465 e. The smallest absolute Gasteiger partial charge is 0.320 e. The van der Waals surface area contributed by atoms with Gasteiger partial charge in [0.1, 0.15) is 0 Å². The number of carbonyl (C=O) groups excluding carboxylic acids is 4. The Bertz CT molecular complexity index is 3600. The summed E-state index contributed by atoms with van der Waals surface area (Å²) in [5.74, 6) is -1.40. The van der Waals surface area contributed by atoms with Gasteiger partial charge in [-0.3, -0.25) is 29.0 Å². The van der Waals surface area contributed by atoms with Gasteiger partial charge in [-0.25, -0.2) is 0 Å². The van der Waals surface area contributed by atoms with Crippen molar-refractivity contribution in [1.29, 1.82) is 0 Å². The molecule has 0 fully saturated rings. The maximum absolute atomic E-state index is 11.9. The van der Waals surface area contributed by atoms with Crippen molar-refractivity contribution < 1.29 is 52.3 Å². The molecule has 0 saturated heterocycles. The molecule has 0 heterocycles. The molecule has 0 spiro atoms. The highest BCUT2D eigenvalue weighted by atomic mass is 32.2. The summed E-state index contributed by atoms with van der Waals surface area (Å²) in [6.07, 6.45) is 2.34. The molecule has 1 atom stereocenters. The third-order valence-electron chi connectivity index (χ3n) is 15.6. The Kier molecular flexibility index (Phi) is 37.3. The number of ether oxygens (including phenoxy) is 7. The quantitative estimate of drug-likeness (QED) is 0.0156. The second-order valence-electron chi connectivity index (χ2n) is 23.8. The van der Waals surface area contributed by atoms with E-state index in [9.17, 15) is 19.2 Å². The van der Waals surface area contributed by atoms with Crippen LogP contribution in [0.2, 0.25) is 0 Å². The Morgan fingerprint density at radius 1 is 0.324 bits per heavy atom. The maximum Gasteiger partial charge on any atom is 0.320 e. The summed E-state index contributed by atoms with van der Waals surface area (Å²) in [4.78, 5) is 65.0. The second kappa shape index (κ2) is 47.0. The second-order valence-corrected chi connectivity index (χ2v) is 29.9. The average molecular weight is 1440 g/mol. The molecule has 9 rings (SSSR count). The summed E-state index contributed by atoms with van der Waals surface area (Å²) in [5.41, 5.74) is 3.44. The number of nitrogens with zero attached hydrogens (tertiary/aromatic N) is 3. The fourth-order valence-electron chi connectivity index (χ4n) is 10.8. The number of carbonyl (C=O) groups is 4. The van der Waals surface area contributed by atoms with Crippen LogP contribution in [0.15, 0.2) is 299 Å². The van der Waals surface area contributed by atoms with Crippen LogP contribution in [-0.4, -0.2) is 145 Å². The first-order chi connectivity index (χ1) is 49.8. The van der Waals surface area contributed by atoms with Crippen molar-refractivity contribution in [1.82, 2.24) is 14.7 Å². The molecule has 538 valence electrons. The van der Waals surface area contributed by atoms with E-state index < -0.39 is 0 Å². The Morgan fingerprint density at radius 2 is 0.569 bits per heavy atom. The first kappa shape index (κ1) is 81.0. The van der Waals surface area contributed by atoms with Crippen LogP contribution in [0.4, 0.5) is 0 Å². The summed E-state index contributed by atoms with van der Waals surface area (Å²) >= 11 is 0. The molecule has 0 aliphatic heterocycles. The Hall–Kier alpha value is -8.33. The van der Waals surface area contributed by atoms with E-state index in [1.807, 2.05) is 31.2 Å². The zero-order valence-electron chi connectivity index (χ0n) is 60.3. The van der Waals surface area contributed by atoms with Gasteiger partial charge in [0.05, 0.1) is 105 Å². The summed E-state index contributed by atoms with van der Waals surface area (Å²) in [7, 11) is 3.75. The highest BCUT2D eigenvalue weighted by molar-refractivity contribution is 7.97. The normalized spacial score (nSPS) is 11.4. The van der Waals surface area contributed by atoms with Crippen LogP contribution in [0.1, 0.15) is 76.7 Å². The summed E-state index contributed by atoms with van der Waals surface area (Å²) in [6.45, 7) is 15.7. The van der Waals surface area contributed by atoms with Gasteiger partial charge in [-0.1, -0.05) is 146 Å². The molecule has 0 radical (unpaired) electrons. The third kappa shape index (κ3) is 29.2. The van der Waals surface area contributed by atoms with Gasteiger partial charge in [0, 0.05) is 32.9 Å². The molecular formula is C85H102N3O11S3+3. The third-order valence-corrected chi connectivity index (χ3v) is 22.3. The molecule has 0 aromatic heterocycles. The van der Waals surface area contributed by atoms with Crippen molar-refractivity contribution in [2.24, 2.45) is 0 Å². The summed E-state index contributed by atoms with van der Waals surface area (Å²) in [6, 6.07) is 90.0. The van der Waals surface area contributed by atoms with E-state index in [4.69, 9.17) is 33.2 Å². The molecular weight excluding hydrogens is 1340 g/mol. The fraction of sp³-hybridized carbons (Fsp3) is 0.318. The number of rotatable bonds is 39. The van der Waals surface area contributed by atoms with Crippen LogP contribution < -0.4 is 0 Å².